The van der Waals surface area contributed by atoms with Gasteiger partial charge < -0.3 is 10.5 Å². The number of nitrogen functional groups attached to an aromatic ring is 1. The fraction of sp³-hybridized carbons (Fsp3) is 0.118. The first-order valence-corrected chi connectivity index (χ1v) is 6.50. The Hall–Kier alpha value is -2.55. The molecular formula is C17H17NO2. The van der Waals surface area contributed by atoms with Gasteiger partial charge in [-0.2, -0.15) is 0 Å². The van der Waals surface area contributed by atoms with E-state index in [2.05, 4.69) is 0 Å². The molecule has 3 nitrogen and oxygen atoms in total. The molecule has 0 bridgehead atoms. The van der Waals surface area contributed by atoms with Crippen molar-refractivity contribution in [2.75, 3.05) is 12.3 Å². The minimum atomic E-state index is -0.0372. The molecule has 0 heterocycles. The first-order valence-electron chi connectivity index (χ1n) is 6.50. The SMILES string of the molecule is CCOc1ccc(C(=O)/C=C/c2ccc(N)cc2)cc1. The molecule has 0 spiro atoms. The molecule has 0 amide bonds. The highest BCUT2D eigenvalue weighted by atomic mass is 16.5. The van der Waals surface area contributed by atoms with Crippen LogP contribution in [0.4, 0.5) is 5.69 Å². The first kappa shape index (κ1) is 13.9. The number of rotatable bonds is 5. The Bertz CT molecular complexity index is 598. The summed E-state index contributed by atoms with van der Waals surface area (Å²) in [4.78, 5) is 12.0. The minimum absolute atomic E-state index is 0.0372. The lowest BCUT2D eigenvalue weighted by Gasteiger charge is -2.02. The average Bonchev–Trinajstić information content (AvgIpc) is 2.47. The summed E-state index contributed by atoms with van der Waals surface area (Å²) in [5, 5.41) is 0. The zero-order valence-corrected chi connectivity index (χ0v) is 11.4. The molecule has 3 heteroatoms. The van der Waals surface area contributed by atoms with Crippen LogP contribution < -0.4 is 10.5 Å². The van der Waals surface area contributed by atoms with E-state index in [1.165, 1.54) is 0 Å². The van der Waals surface area contributed by atoms with E-state index in [1.54, 1.807) is 48.6 Å². The van der Waals surface area contributed by atoms with Gasteiger partial charge in [0.05, 0.1) is 6.61 Å². The second-order valence-corrected chi connectivity index (χ2v) is 4.32. The van der Waals surface area contributed by atoms with Gasteiger partial charge in [-0.1, -0.05) is 18.2 Å². The molecule has 0 aliphatic carbocycles. The van der Waals surface area contributed by atoms with Crippen LogP contribution in [0.2, 0.25) is 0 Å². The quantitative estimate of drug-likeness (QED) is 0.512. The molecule has 0 aromatic heterocycles. The number of ether oxygens (including phenoxy) is 1. The van der Waals surface area contributed by atoms with Crippen molar-refractivity contribution < 1.29 is 9.53 Å². The van der Waals surface area contributed by atoms with Crippen LogP contribution in [-0.2, 0) is 0 Å². The van der Waals surface area contributed by atoms with Crippen LogP contribution in [0.5, 0.6) is 5.75 Å². The first-order chi connectivity index (χ1) is 9.69. The summed E-state index contributed by atoms with van der Waals surface area (Å²) in [7, 11) is 0. The van der Waals surface area contributed by atoms with E-state index >= 15 is 0 Å². The number of carbonyl (C=O) groups excluding carboxylic acids is 1. The standard InChI is InChI=1S/C17H17NO2/c1-2-20-16-10-6-14(7-11-16)17(19)12-5-13-3-8-15(18)9-4-13/h3-12H,2,18H2,1H3/b12-5+. The fourth-order valence-corrected chi connectivity index (χ4v) is 1.76. The smallest absolute Gasteiger partial charge is 0.185 e. The maximum absolute atomic E-state index is 12.0. The van der Waals surface area contributed by atoms with Crippen molar-refractivity contribution >= 4 is 17.5 Å². The van der Waals surface area contributed by atoms with Crippen LogP contribution in [0.1, 0.15) is 22.8 Å². The minimum Gasteiger partial charge on any atom is -0.494 e. The molecule has 2 aromatic carbocycles. The Kier molecular flexibility index (Phi) is 4.56. The molecule has 0 saturated heterocycles. The van der Waals surface area contributed by atoms with Crippen molar-refractivity contribution in [3.05, 3.63) is 65.7 Å². The van der Waals surface area contributed by atoms with Crippen molar-refractivity contribution in [3.63, 3.8) is 0 Å². The van der Waals surface area contributed by atoms with E-state index in [0.29, 0.717) is 17.9 Å². The van der Waals surface area contributed by atoms with Crippen LogP contribution in [0, 0.1) is 0 Å². The summed E-state index contributed by atoms with van der Waals surface area (Å²) < 4.78 is 5.34. The van der Waals surface area contributed by atoms with Crippen molar-refractivity contribution in [1.29, 1.82) is 0 Å². The fourth-order valence-electron chi connectivity index (χ4n) is 1.76. The molecule has 20 heavy (non-hydrogen) atoms. The zero-order valence-electron chi connectivity index (χ0n) is 11.4. The molecule has 2 N–H and O–H groups in total. The number of hydrogen-bond donors (Lipinski definition) is 1. The summed E-state index contributed by atoms with van der Waals surface area (Å²) >= 11 is 0. The third-order valence-electron chi connectivity index (χ3n) is 2.81. The summed E-state index contributed by atoms with van der Waals surface area (Å²) in [6.07, 6.45) is 3.33. The van der Waals surface area contributed by atoms with Crippen LogP contribution in [0.25, 0.3) is 6.08 Å². The van der Waals surface area contributed by atoms with Gasteiger partial charge in [0.1, 0.15) is 5.75 Å². The number of allylic oxidation sites excluding steroid dienone is 1. The average molecular weight is 267 g/mol. The van der Waals surface area contributed by atoms with E-state index in [1.807, 2.05) is 19.1 Å². The normalized spacial score (nSPS) is 10.7. The summed E-state index contributed by atoms with van der Waals surface area (Å²) in [5.74, 6) is 0.733. The Morgan fingerprint density at radius 3 is 2.35 bits per heavy atom. The summed E-state index contributed by atoms with van der Waals surface area (Å²) in [5.41, 5.74) is 7.90. The maximum atomic E-state index is 12.0. The van der Waals surface area contributed by atoms with E-state index < -0.39 is 0 Å². The molecule has 0 aliphatic rings. The molecule has 0 radical (unpaired) electrons. The van der Waals surface area contributed by atoms with E-state index in [0.717, 1.165) is 11.3 Å². The third-order valence-corrected chi connectivity index (χ3v) is 2.81. The second-order valence-electron chi connectivity index (χ2n) is 4.32. The lowest BCUT2D eigenvalue weighted by molar-refractivity contribution is 0.104. The second kappa shape index (κ2) is 6.57. The lowest BCUT2D eigenvalue weighted by atomic mass is 10.1. The number of hydrogen-bond acceptors (Lipinski definition) is 3. The highest BCUT2D eigenvalue weighted by Gasteiger charge is 2.01. The molecule has 0 aliphatic heterocycles. The van der Waals surface area contributed by atoms with E-state index in [-0.39, 0.29) is 5.78 Å². The molecular weight excluding hydrogens is 250 g/mol. The van der Waals surface area contributed by atoms with Crippen molar-refractivity contribution in [2.24, 2.45) is 0 Å². The van der Waals surface area contributed by atoms with Gasteiger partial charge in [0.2, 0.25) is 0 Å². The molecule has 0 atom stereocenters. The highest BCUT2D eigenvalue weighted by Crippen LogP contribution is 2.13. The van der Waals surface area contributed by atoms with Gasteiger partial charge in [0.25, 0.3) is 0 Å². The van der Waals surface area contributed by atoms with Crippen LogP contribution in [-0.4, -0.2) is 12.4 Å². The largest absolute Gasteiger partial charge is 0.494 e. The maximum Gasteiger partial charge on any atom is 0.185 e. The number of nitrogens with two attached hydrogens (primary N) is 1. The van der Waals surface area contributed by atoms with Crippen molar-refractivity contribution in [1.82, 2.24) is 0 Å². The Morgan fingerprint density at radius 2 is 1.75 bits per heavy atom. The molecule has 0 fully saturated rings. The van der Waals surface area contributed by atoms with Crippen LogP contribution in [0.15, 0.2) is 54.6 Å². The molecule has 0 unspecified atom stereocenters. The number of carbonyl (C=O) groups is 1. The van der Waals surface area contributed by atoms with Gasteiger partial charge in [0, 0.05) is 11.3 Å². The Balaban J connectivity index is 2.05. The number of benzene rings is 2. The van der Waals surface area contributed by atoms with Crippen molar-refractivity contribution in [3.8, 4) is 5.75 Å². The highest BCUT2D eigenvalue weighted by molar-refractivity contribution is 6.06. The van der Waals surface area contributed by atoms with Crippen LogP contribution >= 0.6 is 0 Å². The van der Waals surface area contributed by atoms with Gasteiger partial charge in [-0.3, -0.25) is 4.79 Å². The number of ketones is 1. The van der Waals surface area contributed by atoms with Crippen molar-refractivity contribution in [2.45, 2.75) is 6.92 Å². The predicted octanol–water partition coefficient (Wildman–Crippen LogP) is 3.56. The lowest BCUT2D eigenvalue weighted by Crippen LogP contribution is -1.95. The Morgan fingerprint density at radius 1 is 1.10 bits per heavy atom. The number of anilines is 1. The summed E-state index contributed by atoms with van der Waals surface area (Å²) in [6.45, 7) is 2.54. The molecule has 2 aromatic rings. The summed E-state index contributed by atoms with van der Waals surface area (Å²) in [6, 6.07) is 14.5. The molecule has 102 valence electrons. The Labute approximate surface area is 118 Å². The molecule has 2 rings (SSSR count). The predicted molar refractivity (Wildman–Crippen MR) is 81.8 cm³/mol. The topological polar surface area (TPSA) is 52.3 Å². The molecule has 0 saturated carbocycles. The van der Waals surface area contributed by atoms with E-state index in [9.17, 15) is 4.79 Å². The monoisotopic (exact) mass is 267 g/mol. The van der Waals surface area contributed by atoms with E-state index in [4.69, 9.17) is 10.5 Å². The van der Waals surface area contributed by atoms with Gasteiger partial charge in [0.15, 0.2) is 5.78 Å². The van der Waals surface area contributed by atoms with Crippen LogP contribution in [0.3, 0.4) is 0 Å². The van der Waals surface area contributed by atoms with Gasteiger partial charge in [-0.15, -0.1) is 0 Å². The third kappa shape index (κ3) is 3.72. The van der Waals surface area contributed by atoms with Gasteiger partial charge in [-0.25, -0.2) is 0 Å². The zero-order chi connectivity index (χ0) is 14.4. The van der Waals surface area contributed by atoms with Gasteiger partial charge in [-0.05, 0) is 55.0 Å². The van der Waals surface area contributed by atoms with Gasteiger partial charge >= 0.3 is 0 Å².